The number of carbonyl (C=O) groups is 2. The van der Waals surface area contributed by atoms with Crippen molar-refractivity contribution >= 4 is 40.1 Å². The molecule has 0 bridgehead atoms. The summed E-state index contributed by atoms with van der Waals surface area (Å²) in [5, 5.41) is 10.1. The number of carbonyl (C=O) groups excluding carboxylic acids is 1. The van der Waals surface area contributed by atoms with Gasteiger partial charge in [-0.1, -0.05) is 23.9 Å². The van der Waals surface area contributed by atoms with Crippen molar-refractivity contribution in [3.05, 3.63) is 68.7 Å². The van der Waals surface area contributed by atoms with Gasteiger partial charge in [-0.15, -0.1) is 6.42 Å². The standard InChI is InChI=1S/C32H36ClN5O4/c1-2-13-37(25-11-9-23(10-12-25)32(41)42)20-24-18-26-28(19-27(24)33)34-29(21-35-14-5-3-6-15-35)38(31(26)40)22-30(39)36-16-7-4-8-17-36/h1,9-12,18-19H,3-8,13-17,20-22H2,(H,41,42). The number of nitrogens with zero attached hydrogens (tertiary/aromatic N) is 5. The fourth-order valence-corrected chi connectivity index (χ4v) is 6.02. The normalized spacial score (nSPS) is 15.9. The zero-order valence-corrected chi connectivity index (χ0v) is 24.5. The van der Waals surface area contributed by atoms with Gasteiger partial charge in [0.2, 0.25) is 5.91 Å². The molecule has 2 aromatic carbocycles. The molecule has 220 valence electrons. The fourth-order valence-electron chi connectivity index (χ4n) is 5.80. The number of anilines is 1. The molecular weight excluding hydrogens is 554 g/mol. The molecule has 1 N–H and O–H groups in total. The number of fused-ring (bicyclic) bond motifs is 1. The second-order valence-corrected chi connectivity index (χ2v) is 11.5. The first-order chi connectivity index (χ1) is 20.3. The molecule has 0 saturated carbocycles. The van der Waals surface area contributed by atoms with E-state index in [-0.39, 0.29) is 30.1 Å². The predicted octanol–water partition coefficient (Wildman–Crippen LogP) is 4.39. The van der Waals surface area contributed by atoms with Crippen LogP contribution >= 0.6 is 11.6 Å². The predicted molar refractivity (Wildman–Crippen MR) is 164 cm³/mol. The molecule has 1 amide bonds. The summed E-state index contributed by atoms with van der Waals surface area (Å²) < 4.78 is 1.55. The molecule has 0 spiro atoms. The van der Waals surface area contributed by atoms with Crippen LogP contribution in [0.5, 0.6) is 0 Å². The summed E-state index contributed by atoms with van der Waals surface area (Å²) >= 11 is 6.75. The van der Waals surface area contributed by atoms with Gasteiger partial charge in [-0.05, 0) is 87.2 Å². The van der Waals surface area contributed by atoms with Crippen LogP contribution in [0, 0.1) is 12.3 Å². The molecular formula is C32H36ClN5O4. The Labute approximate surface area is 250 Å². The van der Waals surface area contributed by atoms with E-state index in [1.165, 1.54) is 18.6 Å². The van der Waals surface area contributed by atoms with Crippen molar-refractivity contribution in [3.8, 4) is 12.3 Å². The highest BCUT2D eigenvalue weighted by atomic mass is 35.5. The highest BCUT2D eigenvalue weighted by Crippen LogP contribution is 2.26. The van der Waals surface area contributed by atoms with Crippen LogP contribution in [-0.4, -0.2) is 69.1 Å². The summed E-state index contributed by atoms with van der Waals surface area (Å²) in [4.78, 5) is 49.6. The second-order valence-electron chi connectivity index (χ2n) is 11.1. The SMILES string of the molecule is C#CCN(Cc1cc2c(=O)n(CC(=O)N3CCCCC3)c(CN3CCCCC3)nc2cc1Cl)c1ccc(C(=O)O)cc1. The molecule has 2 saturated heterocycles. The van der Waals surface area contributed by atoms with Gasteiger partial charge in [0, 0.05) is 30.3 Å². The van der Waals surface area contributed by atoms with Gasteiger partial charge < -0.3 is 14.9 Å². The summed E-state index contributed by atoms with van der Waals surface area (Å²) in [6.45, 7) is 4.32. The summed E-state index contributed by atoms with van der Waals surface area (Å²) in [5.41, 5.74) is 1.82. The summed E-state index contributed by atoms with van der Waals surface area (Å²) in [6, 6.07) is 9.90. The molecule has 2 aliphatic rings. The van der Waals surface area contributed by atoms with Crippen molar-refractivity contribution in [2.45, 2.75) is 58.2 Å². The number of halogens is 1. The Hall–Kier alpha value is -3.87. The molecule has 10 heteroatoms. The van der Waals surface area contributed by atoms with E-state index in [1.54, 1.807) is 28.8 Å². The Balaban J connectivity index is 1.51. The van der Waals surface area contributed by atoms with E-state index in [9.17, 15) is 19.5 Å². The van der Waals surface area contributed by atoms with Crippen LogP contribution in [0.2, 0.25) is 5.02 Å². The van der Waals surface area contributed by atoms with Crippen molar-refractivity contribution in [1.29, 1.82) is 0 Å². The average molecular weight is 590 g/mol. The molecule has 3 heterocycles. The monoisotopic (exact) mass is 589 g/mol. The largest absolute Gasteiger partial charge is 0.478 e. The first-order valence-electron chi connectivity index (χ1n) is 14.6. The molecule has 0 radical (unpaired) electrons. The third kappa shape index (κ3) is 6.77. The number of carboxylic acid groups (broad SMARTS) is 1. The van der Waals surface area contributed by atoms with E-state index in [1.807, 2.05) is 9.80 Å². The molecule has 1 aromatic heterocycles. The lowest BCUT2D eigenvalue weighted by Gasteiger charge is -2.29. The number of aromatic nitrogens is 2. The number of aromatic carboxylic acids is 1. The minimum Gasteiger partial charge on any atom is -0.478 e. The van der Waals surface area contributed by atoms with Crippen LogP contribution in [0.4, 0.5) is 5.69 Å². The number of likely N-dealkylation sites (tertiary alicyclic amines) is 2. The van der Waals surface area contributed by atoms with E-state index < -0.39 is 5.97 Å². The van der Waals surface area contributed by atoms with Crippen molar-refractivity contribution in [1.82, 2.24) is 19.4 Å². The Morgan fingerprint density at radius 2 is 1.67 bits per heavy atom. The number of benzene rings is 2. The van der Waals surface area contributed by atoms with Gasteiger partial charge in [0.25, 0.3) is 5.56 Å². The van der Waals surface area contributed by atoms with Crippen LogP contribution < -0.4 is 10.5 Å². The number of piperidine rings is 2. The van der Waals surface area contributed by atoms with Gasteiger partial charge in [0.05, 0.1) is 29.6 Å². The van der Waals surface area contributed by atoms with Crippen LogP contribution in [-0.2, 0) is 24.4 Å². The minimum absolute atomic E-state index is 0.0396. The smallest absolute Gasteiger partial charge is 0.335 e. The molecule has 5 rings (SSSR count). The van der Waals surface area contributed by atoms with E-state index in [0.717, 1.165) is 50.9 Å². The lowest BCUT2D eigenvalue weighted by Crippen LogP contribution is -2.41. The first-order valence-corrected chi connectivity index (χ1v) is 15.0. The molecule has 0 aliphatic carbocycles. The number of hydrogen-bond acceptors (Lipinski definition) is 6. The van der Waals surface area contributed by atoms with E-state index in [0.29, 0.717) is 53.5 Å². The molecule has 0 unspecified atom stereocenters. The summed E-state index contributed by atoms with van der Waals surface area (Å²) in [7, 11) is 0. The van der Waals surface area contributed by atoms with Gasteiger partial charge in [0.15, 0.2) is 0 Å². The van der Waals surface area contributed by atoms with Crippen molar-refractivity contribution < 1.29 is 14.7 Å². The number of amides is 1. The Morgan fingerprint density at radius 1 is 1.00 bits per heavy atom. The van der Waals surface area contributed by atoms with Crippen LogP contribution in [0.3, 0.4) is 0 Å². The van der Waals surface area contributed by atoms with Gasteiger partial charge in [-0.3, -0.25) is 19.1 Å². The number of rotatable bonds is 9. The summed E-state index contributed by atoms with van der Waals surface area (Å²) in [6.07, 6.45) is 12.1. The maximum absolute atomic E-state index is 14.0. The third-order valence-electron chi connectivity index (χ3n) is 8.14. The highest BCUT2D eigenvalue weighted by Gasteiger charge is 2.23. The number of terminal acetylenes is 1. The third-order valence-corrected chi connectivity index (χ3v) is 8.49. The molecule has 2 fully saturated rings. The summed E-state index contributed by atoms with van der Waals surface area (Å²) in [5.74, 6) is 2.15. The molecule has 42 heavy (non-hydrogen) atoms. The van der Waals surface area contributed by atoms with E-state index in [2.05, 4.69) is 10.8 Å². The Kier molecular flexibility index (Phi) is 9.45. The molecule has 0 atom stereocenters. The van der Waals surface area contributed by atoms with E-state index >= 15 is 0 Å². The van der Waals surface area contributed by atoms with Crippen LogP contribution in [0.1, 0.15) is 60.3 Å². The average Bonchev–Trinajstić information content (AvgIpc) is 3.00. The Morgan fingerprint density at radius 3 is 2.31 bits per heavy atom. The highest BCUT2D eigenvalue weighted by molar-refractivity contribution is 6.32. The number of hydrogen-bond donors (Lipinski definition) is 1. The topological polar surface area (TPSA) is 99.0 Å². The van der Waals surface area contributed by atoms with E-state index in [4.69, 9.17) is 23.0 Å². The number of carboxylic acids is 1. The lowest BCUT2D eigenvalue weighted by molar-refractivity contribution is -0.132. The first kappa shape index (κ1) is 29.6. The maximum Gasteiger partial charge on any atom is 0.335 e. The maximum atomic E-state index is 14.0. The second kappa shape index (κ2) is 13.4. The van der Waals surface area contributed by atoms with Crippen LogP contribution in [0.15, 0.2) is 41.2 Å². The van der Waals surface area contributed by atoms with Crippen molar-refractivity contribution in [2.75, 3.05) is 37.6 Å². The zero-order valence-electron chi connectivity index (χ0n) is 23.7. The lowest BCUT2D eigenvalue weighted by atomic mass is 10.1. The zero-order chi connectivity index (χ0) is 29.6. The van der Waals surface area contributed by atoms with Crippen LogP contribution in [0.25, 0.3) is 10.9 Å². The van der Waals surface area contributed by atoms with Gasteiger partial charge >= 0.3 is 5.97 Å². The van der Waals surface area contributed by atoms with Crippen molar-refractivity contribution in [2.24, 2.45) is 0 Å². The quantitative estimate of drug-likeness (QED) is 0.370. The van der Waals surface area contributed by atoms with Crippen molar-refractivity contribution in [3.63, 3.8) is 0 Å². The van der Waals surface area contributed by atoms with Gasteiger partial charge in [-0.2, -0.15) is 0 Å². The molecule has 2 aliphatic heterocycles. The minimum atomic E-state index is -1.01. The van der Waals surface area contributed by atoms with Gasteiger partial charge in [0.1, 0.15) is 12.4 Å². The molecule has 3 aromatic rings. The molecule has 9 nitrogen and oxygen atoms in total. The van der Waals surface area contributed by atoms with Gasteiger partial charge in [-0.25, -0.2) is 9.78 Å². The Bertz CT molecular complexity index is 1550. The fraction of sp³-hybridized carbons (Fsp3) is 0.438.